The van der Waals surface area contributed by atoms with Crippen molar-refractivity contribution in [2.45, 2.75) is 0 Å². The number of nitriles is 7. The predicted octanol–water partition coefficient (Wildman–Crippen LogP) is 1.65. The lowest BCUT2D eigenvalue weighted by Gasteiger charge is -2.09. The first-order valence-electron chi connectivity index (χ1n) is 7.90. The van der Waals surface area contributed by atoms with Crippen molar-refractivity contribution in [2.75, 3.05) is 0 Å². The lowest BCUT2D eigenvalue weighted by atomic mass is 9.92. The fourth-order valence-electron chi connectivity index (χ4n) is 2.79. The molecule has 2 aromatic rings. The molecule has 0 spiro atoms. The molecule has 0 radical (unpaired) electrons. The largest absolute Gasteiger partial charge is 0.203 e. The van der Waals surface area contributed by atoms with Crippen molar-refractivity contribution in [1.29, 1.82) is 36.8 Å². The van der Waals surface area contributed by atoms with E-state index in [1.807, 2.05) is 0 Å². The van der Waals surface area contributed by atoms with Gasteiger partial charge >= 0.3 is 0 Å². The van der Waals surface area contributed by atoms with Gasteiger partial charge in [0.25, 0.3) is 0 Å². The van der Waals surface area contributed by atoms with Crippen LogP contribution in [0.2, 0.25) is 0 Å². The molecule has 0 unspecified atom stereocenters. The summed E-state index contributed by atoms with van der Waals surface area (Å²) in [6.07, 6.45) is 0. The highest BCUT2D eigenvalue weighted by Crippen LogP contribution is 2.28. The first-order valence-corrected chi connectivity index (χ1v) is 7.90. The molecule has 0 aromatic heterocycles. The Kier molecular flexibility index (Phi) is 6.20. The molecule has 11 heteroatoms. The molecule has 148 valence electrons. The van der Waals surface area contributed by atoms with Crippen LogP contribution >= 0.6 is 0 Å². The van der Waals surface area contributed by atoms with Crippen molar-refractivity contribution in [2.24, 2.45) is 0 Å². The van der Waals surface area contributed by atoms with E-state index >= 15 is 0 Å². The van der Waals surface area contributed by atoms with Crippen molar-refractivity contribution in [1.82, 2.24) is 0 Å². The number of rotatable bonds is 1. The maximum absolute atomic E-state index is 14.5. The fourth-order valence-corrected chi connectivity index (χ4v) is 2.79. The van der Waals surface area contributed by atoms with Crippen LogP contribution in [0, 0.1) is 103 Å². The van der Waals surface area contributed by atoms with Gasteiger partial charge in [0.2, 0.25) is 0 Å². The van der Waals surface area contributed by atoms with E-state index in [1.165, 1.54) is 36.4 Å². The highest BCUT2D eigenvalue weighted by Gasteiger charge is 2.29. The van der Waals surface area contributed by atoms with Crippen LogP contribution in [0.15, 0.2) is 6.07 Å². The standard InChI is InChI=1S/C21HF4N7/c22-18-15(8-32)19(23)21(25)17(20(18)24)13(6-30)11-1-9(2-26)16(10(3-27)4-28)14(7-31)12(11)5-29/h1H/b13-11-. The topological polar surface area (TPSA) is 167 Å². The summed E-state index contributed by atoms with van der Waals surface area (Å²) in [5.74, 6) is -8.45. The van der Waals surface area contributed by atoms with Crippen LogP contribution in [0.4, 0.5) is 17.6 Å². The van der Waals surface area contributed by atoms with Crippen molar-refractivity contribution in [3.63, 3.8) is 0 Å². The van der Waals surface area contributed by atoms with Gasteiger partial charge in [-0.05, 0) is 6.07 Å². The summed E-state index contributed by atoms with van der Waals surface area (Å²) in [5, 5.41) is 63.4. The minimum atomic E-state index is -2.12. The Hall–Kier alpha value is -5.67. The molecule has 32 heavy (non-hydrogen) atoms. The van der Waals surface area contributed by atoms with Crippen LogP contribution in [0.5, 0.6) is 0 Å². The summed E-state index contributed by atoms with van der Waals surface area (Å²) in [4.78, 5) is 0. The van der Waals surface area contributed by atoms with Gasteiger partial charge in [-0.1, -0.05) is 0 Å². The van der Waals surface area contributed by atoms with E-state index in [4.69, 9.17) is 15.8 Å². The zero-order valence-electron chi connectivity index (χ0n) is 15.2. The molecule has 0 aliphatic rings. The van der Waals surface area contributed by atoms with Crippen LogP contribution in [0.1, 0.15) is 27.8 Å². The van der Waals surface area contributed by atoms with E-state index in [1.54, 1.807) is 0 Å². The first kappa shape index (κ1) is 22.6. The van der Waals surface area contributed by atoms with Gasteiger partial charge in [-0.15, -0.1) is 0 Å². The Bertz CT molecular complexity index is 1590. The third-order valence-corrected chi connectivity index (χ3v) is 4.15. The van der Waals surface area contributed by atoms with Gasteiger partial charge in [-0.3, -0.25) is 0 Å². The first-order chi connectivity index (χ1) is 15.3. The number of hydrogen-bond acceptors (Lipinski definition) is 7. The van der Waals surface area contributed by atoms with Crippen LogP contribution in [-0.2, 0) is 0 Å². The molecule has 0 saturated carbocycles. The maximum atomic E-state index is 14.5. The van der Waals surface area contributed by atoms with Gasteiger partial charge in [-0.25, -0.2) is 17.6 Å². The summed E-state index contributed by atoms with van der Waals surface area (Å²) < 4.78 is 57.2. The van der Waals surface area contributed by atoms with Gasteiger partial charge in [0.15, 0.2) is 23.3 Å². The SMILES string of the molecule is N#CC(C#N)=c1c(C#N)c/c(=C(\C#N)c2c(F)c(F)c(C#N)c(F)c2F)c(C#N)c1C#N. The van der Waals surface area contributed by atoms with Crippen LogP contribution in [0.25, 0.3) is 11.1 Å². The smallest absolute Gasteiger partial charge is 0.180 e. The Morgan fingerprint density at radius 3 is 1.47 bits per heavy atom. The van der Waals surface area contributed by atoms with E-state index in [-0.39, 0.29) is 0 Å². The minimum absolute atomic E-state index is 0.560. The van der Waals surface area contributed by atoms with Crippen molar-refractivity contribution in [3.8, 4) is 42.5 Å². The molecule has 2 aromatic carbocycles. The van der Waals surface area contributed by atoms with Crippen molar-refractivity contribution < 1.29 is 17.6 Å². The molecule has 0 bridgehead atoms. The zero-order valence-corrected chi connectivity index (χ0v) is 15.2. The molecule has 0 N–H and O–H groups in total. The second-order valence-corrected chi connectivity index (χ2v) is 5.64. The number of hydrogen-bond donors (Lipinski definition) is 0. The zero-order chi connectivity index (χ0) is 24.2. The van der Waals surface area contributed by atoms with E-state index in [0.29, 0.717) is 6.07 Å². The molecule has 0 amide bonds. The lowest BCUT2D eigenvalue weighted by Crippen LogP contribution is -2.26. The van der Waals surface area contributed by atoms with E-state index in [0.717, 1.165) is 6.07 Å². The molecule has 0 aliphatic carbocycles. The Morgan fingerprint density at radius 2 is 1.09 bits per heavy atom. The third kappa shape index (κ3) is 3.20. The molecule has 0 fully saturated rings. The number of nitrogens with zero attached hydrogens (tertiary/aromatic N) is 7. The molecule has 0 aliphatic heterocycles. The molecular weight excluding hydrogens is 426 g/mol. The summed E-state index contributed by atoms with van der Waals surface area (Å²) in [6.45, 7) is 0. The normalized spacial score (nSPS) is 10.2. The van der Waals surface area contributed by atoms with E-state index in [2.05, 4.69) is 0 Å². The molecule has 7 nitrogen and oxygen atoms in total. The van der Waals surface area contributed by atoms with E-state index in [9.17, 15) is 38.6 Å². The summed E-state index contributed by atoms with van der Waals surface area (Å²) in [7, 11) is 0. The summed E-state index contributed by atoms with van der Waals surface area (Å²) in [6, 6.07) is 10.2. The maximum Gasteiger partial charge on any atom is 0.180 e. The van der Waals surface area contributed by atoms with Gasteiger partial charge in [0.1, 0.15) is 47.6 Å². The molecule has 0 heterocycles. The molecule has 0 saturated heterocycles. The van der Waals surface area contributed by atoms with E-state index < -0.39 is 72.7 Å². The Balaban J connectivity index is 3.42. The number of benzene rings is 2. The average molecular weight is 427 g/mol. The second-order valence-electron chi connectivity index (χ2n) is 5.64. The van der Waals surface area contributed by atoms with Gasteiger partial charge in [0, 0.05) is 10.4 Å². The second kappa shape index (κ2) is 8.78. The average Bonchev–Trinajstić information content (AvgIpc) is 2.81. The fraction of sp³-hybridized carbons (Fsp3) is 0. The highest BCUT2D eigenvalue weighted by atomic mass is 19.2. The molecule has 2 rings (SSSR count). The van der Waals surface area contributed by atoms with Gasteiger partial charge in [-0.2, -0.15) is 36.8 Å². The van der Waals surface area contributed by atoms with Gasteiger partial charge < -0.3 is 0 Å². The molecular formula is C21HF4N7. The Morgan fingerprint density at radius 1 is 0.594 bits per heavy atom. The quantitative estimate of drug-likeness (QED) is 0.492. The third-order valence-electron chi connectivity index (χ3n) is 4.15. The van der Waals surface area contributed by atoms with Crippen LogP contribution < -0.4 is 10.4 Å². The van der Waals surface area contributed by atoms with Crippen LogP contribution in [0.3, 0.4) is 0 Å². The van der Waals surface area contributed by atoms with Crippen molar-refractivity contribution in [3.05, 3.63) is 67.6 Å². The number of halogens is 4. The highest BCUT2D eigenvalue weighted by molar-refractivity contribution is 5.81. The summed E-state index contributed by atoms with van der Waals surface area (Å²) in [5.41, 5.74) is -7.22. The Labute approximate surface area is 176 Å². The summed E-state index contributed by atoms with van der Waals surface area (Å²) >= 11 is 0. The van der Waals surface area contributed by atoms with Gasteiger partial charge in [0.05, 0.1) is 33.9 Å². The van der Waals surface area contributed by atoms with Crippen LogP contribution in [-0.4, -0.2) is 0 Å². The minimum Gasteiger partial charge on any atom is -0.203 e. The predicted molar refractivity (Wildman–Crippen MR) is 93.6 cm³/mol. The van der Waals surface area contributed by atoms with Crippen molar-refractivity contribution >= 4 is 11.1 Å². The molecule has 0 atom stereocenters. The lowest BCUT2D eigenvalue weighted by molar-refractivity contribution is 0.447. The monoisotopic (exact) mass is 427 g/mol.